The summed E-state index contributed by atoms with van der Waals surface area (Å²) in [6, 6.07) is 12.5. The van der Waals surface area contributed by atoms with Crippen LogP contribution in [0.2, 0.25) is 0 Å². The van der Waals surface area contributed by atoms with E-state index in [1.807, 2.05) is 26.0 Å². The maximum Gasteiger partial charge on any atom is 0.161 e. The lowest BCUT2D eigenvalue weighted by Crippen LogP contribution is -1.99. The second-order valence-electron chi connectivity index (χ2n) is 5.33. The second kappa shape index (κ2) is 7.09. The molecular weight excluding hydrogens is 354 g/mol. The zero-order chi connectivity index (χ0) is 16.2. The Hall–Kier alpha value is -1.94. The smallest absolute Gasteiger partial charge is 0.161 e. The number of benzene rings is 2. The summed E-state index contributed by atoms with van der Waals surface area (Å²) in [6.45, 7) is 5.23. The fraction of sp³-hybridized carbons (Fsp3) is 0.263. The van der Waals surface area contributed by atoms with E-state index in [1.165, 1.54) is 16.5 Å². The summed E-state index contributed by atoms with van der Waals surface area (Å²) in [5.41, 5.74) is 3.63. The van der Waals surface area contributed by atoms with Crippen molar-refractivity contribution in [2.45, 2.75) is 20.3 Å². The number of halogens is 1. The molecule has 23 heavy (non-hydrogen) atoms. The van der Waals surface area contributed by atoms with Gasteiger partial charge in [0.2, 0.25) is 0 Å². The molecule has 0 aliphatic heterocycles. The van der Waals surface area contributed by atoms with Crippen LogP contribution >= 0.6 is 15.9 Å². The fourth-order valence-electron chi connectivity index (χ4n) is 2.72. The monoisotopic (exact) mass is 373 g/mol. The molecule has 0 amide bonds. The summed E-state index contributed by atoms with van der Waals surface area (Å²) in [5.74, 6) is 1.62. The van der Waals surface area contributed by atoms with Crippen molar-refractivity contribution in [3.8, 4) is 11.5 Å². The number of aromatic amines is 1. The predicted octanol–water partition coefficient (Wildman–Crippen LogP) is 5.32. The highest BCUT2D eigenvalue weighted by Crippen LogP contribution is 2.31. The van der Waals surface area contributed by atoms with Crippen LogP contribution in [0.25, 0.3) is 10.9 Å². The molecule has 0 aliphatic carbocycles. The Morgan fingerprint density at radius 2 is 1.74 bits per heavy atom. The van der Waals surface area contributed by atoms with Crippen molar-refractivity contribution in [1.29, 1.82) is 0 Å². The van der Waals surface area contributed by atoms with Gasteiger partial charge in [0.15, 0.2) is 11.5 Å². The first-order valence-corrected chi connectivity index (χ1v) is 8.64. The van der Waals surface area contributed by atoms with Gasteiger partial charge in [-0.2, -0.15) is 0 Å². The SMILES string of the molecule is CCOc1ccc(Cc2c[nH]c3ccc(Br)cc23)cc1OCC. The maximum absolute atomic E-state index is 5.72. The Labute approximate surface area is 144 Å². The quantitative estimate of drug-likeness (QED) is 0.634. The molecule has 4 heteroatoms. The van der Waals surface area contributed by atoms with Crippen LogP contribution in [-0.2, 0) is 6.42 Å². The van der Waals surface area contributed by atoms with Crippen molar-refractivity contribution in [3.05, 3.63) is 58.2 Å². The molecule has 0 radical (unpaired) electrons. The van der Waals surface area contributed by atoms with Crippen molar-refractivity contribution in [2.24, 2.45) is 0 Å². The van der Waals surface area contributed by atoms with Gasteiger partial charge in [-0.15, -0.1) is 0 Å². The molecule has 1 N–H and O–H groups in total. The van der Waals surface area contributed by atoms with E-state index in [4.69, 9.17) is 9.47 Å². The van der Waals surface area contributed by atoms with Gasteiger partial charge in [0.1, 0.15) is 0 Å². The van der Waals surface area contributed by atoms with Gasteiger partial charge < -0.3 is 14.5 Å². The molecule has 3 aromatic rings. The van der Waals surface area contributed by atoms with Gasteiger partial charge in [0, 0.05) is 21.6 Å². The van der Waals surface area contributed by atoms with Crippen molar-refractivity contribution in [3.63, 3.8) is 0 Å². The Morgan fingerprint density at radius 1 is 0.957 bits per heavy atom. The van der Waals surface area contributed by atoms with Crippen LogP contribution in [0.4, 0.5) is 0 Å². The number of aromatic nitrogens is 1. The molecule has 0 saturated heterocycles. The summed E-state index contributed by atoms with van der Waals surface area (Å²) >= 11 is 3.55. The Morgan fingerprint density at radius 3 is 2.52 bits per heavy atom. The topological polar surface area (TPSA) is 34.2 Å². The predicted molar refractivity (Wildman–Crippen MR) is 97.6 cm³/mol. The average Bonchev–Trinajstić information content (AvgIpc) is 2.92. The van der Waals surface area contributed by atoms with Crippen LogP contribution in [0, 0.1) is 0 Å². The molecule has 0 atom stereocenters. The van der Waals surface area contributed by atoms with Gasteiger partial charge >= 0.3 is 0 Å². The standard InChI is InChI=1S/C19H20BrNO2/c1-3-22-18-8-5-13(10-19(18)23-4-2)9-14-12-21-17-7-6-15(20)11-16(14)17/h5-8,10-12,21H,3-4,9H2,1-2H3. The molecule has 3 rings (SSSR count). The first kappa shape index (κ1) is 15.9. The third-order valence-corrected chi connectivity index (χ3v) is 4.23. The third kappa shape index (κ3) is 3.53. The highest BCUT2D eigenvalue weighted by atomic mass is 79.9. The van der Waals surface area contributed by atoms with E-state index >= 15 is 0 Å². The Kier molecular flexibility index (Phi) is 4.91. The molecule has 3 nitrogen and oxygen atoms in total. The van der Waals surface area contributed by atoms with E-state index in [0.717, 1.165) is 27.9 Å². The van der Waals surface area contributed by atoms with Gasteiger partial charge in [0.05, 0.1) is 13.2 Å². The Balaban J connectivity index is 1.92. The summed E-state index contributed by atoms with van der Waals surface area (Å²) in [5, 5.41) is 1.24. The molecule has 0 saturated carbocycles. The molecule has 0 fully saturated rings. The van der Waals surface area contributed by atoms with Gasteiger partial charge in [-0.25, -0.2) is 0 Å². The molecular formula is C19H20BrNO2. The van der Waals surface area contributed by atoms with Crippen LogP contribution < -0.4 is 9.47 Å². The number of hydrogen-bond acceptors (Lipinski definition) is 2. The fourth-order valence-corrected chi connectivity index (χ4v) is 3.08. The number of hydrogen-bond donors (Lipinski definition) is 1. The number of fused-ring (bicyclic) bond motifs is 1. The molecule has 120 valence electrons. The van der Waals surface area contributed by atoms with Crippen molar-refractivity contribution >= 4 is 26.8 Å². The maximum atomic E-state index is 5.72. The van der Waals surface area contributed by atoms with Crippen molar-refractivity contribution in [2.75, 3.05) is 13.2 Å². The van der Waals surface area contributed by atoms with E-state index in [1.54, 1.807) is 0 Å². The zero-order valence-electron chi connectivity index (χ0n) is 13.4. The largest absolute Gasteiger partial charge is 0.490 e. The lowest BCUT2D eigenvalue weighted by Gasteiger charge is -2.12. The van der Waals surface area contributed by atoms with Crippen LogP contribution in [0.3, 0.4) is 0 Å². The molecule has 2 aromatic carbocycles. The van der Waals surface area contributed by atoms with Crippen LogP contribution in [0.1, 0.15) is 25.0 Å². The minimum absolute atomic E-state index is 0.629. The zero-order valence-corrected chi connectivity index (χ0v) is 14.9. The molecule has 0 spiro atoms. The number of nitrogens with one attached hydrogen (secondary N) is 1. The molecule has 0 bridgehead atoms. The van der Waals surface area contributed by atoms with Gasteiger partial charge in [-0.3, -0.25) is 0 Å². The second-order valence-corrected chi connectivity index (χ2v) is 6.24. The third-order valence-electron chi connectivity index (χ3n) is 3.73. The van der Waals surface area contributed by atoms with Crippen molar-refractivity contribution in [1.82, 2.24) is 4.98 Å². The highest BCUT2D eigenvalue weighted by Gasteiger charge is 2.09. The van der Waals surface area contributed by atoms with E-state index in [2.05, 4.69) is 51.4 Å². The Bertz CT molecular complexity index is 810. The van der Waals surface area contributed by atoms with Gasteiger partial charge in [-0.05, 0) is 61.7 Å². The summed E-state index contributed by atoms with van der Waals surface area (Å²) < 4.78 is 12.4. The lowest BCUT2D eigenvalue weighted by atomic mass is 10.0. The van der Waals surface area contributed by atoms with Gasteiger partial charge in [0.25, 0.3) is 0 Å². The first-order chi connectivity index (χ1) is 11.2. The van der Waals surface area contributed by atoms with Gasteiger partial charge in [-0.1, -0.05) is 22.0 Å². The van der Waals surface area contributed by atoms with Crippen LogP contribution in [0.15, 0.2) is 47.1 Å². The molecule has 0 unspecified atom stereocenters. The molecule has 1 aromatic heterocycles. The minimum atomic E-state index is 0.629. The summed E-state index contributed by atoms with van der Waals surface area (Å²) in [6.07, 6.45) is 2.93. The van der Waals surface area contributed by atoms with Crippen LogP contribution in [-0.4, -0.2) is 18.2 Å². The van der Waals surface area contributed by atoms with Crippen LogP contribution in [0.5, 0.6) is 11.5 Å². The van der Waals surface area contributed by atoms with E-state index in [0.29, 0.717) is 13.2 Å². The molecule has 0 aliphatic rings. The number of H-pyrrole nitrogens is 1. The van der Waals surface area contributed by atoms with E-state index in [9.17, 15) is 0 Å². The summed E-state index contributed by atoms with van der Waals surface area (Å²) in [4.78, 5) is 3.33. The van der Waals surface area contributed by atoms with Crippen molar-refractivity contribution < 1.29 is 9.47 Å². The minimum Gasteiger partial charge on any atom is -0.490 e. The number of rotatable bonds is 6. The average molecular weight is 374 g/mol. The molecule has 1 heterocycles. The highest BCUT2D eigenvalue weighted by molar-refractivity contribution is 9.10. The lowest BCUT2D eigenvalue weighted by molar-refractivity contribution is 0.287. The first-order valence-electron chi connectivity index (χ1n) is 7.85. The van der Waals surface area contributed by atoms with E-state index < -0.39 is 0 Å². The normalized spacial score (nSPS) is 10.9. The number of ether oxygens (including phenoxy) is 2. The summed E-state index contributed by atoms with van der Waals surface area (Å²) in [7, 11) is 0. The van der Waals surface area contributed by atoms with E-state index in [-0.39, 0.29) is 0 Å².